The van der Waals surface area contributed by atoms with Gasteiger partial charge in [0.15, 0.2) is 17.0 Å². The molecule has 1 aliphatic rings. The van der Waals surface area contributed by atoms with Gasteiger partial charge in [-0.15, -0.1) is 5.10 Å². The van der Waals surface area contributed by atoms with Gasteiger partial charge in [-0.3, -0.25) is 0 Å². The lowest BCUT2D eigenvalue weighted by Gasteiger charge is -2.23. The van der Waals surface area contributed by atoms with Crippen molar-refractivity contribution in [1.29, 1.82) is 0 Å². The van der Waals surface area contributed by atoms with E-state index >= 15 is 0 Å². The molecule has 0 saturated carbocycles. The number of aromatic nitrogens is 5. The maximum atomic E-state index is 13.8. The summed E-state index contributed by atoms with van der Waals surface area (Å²) in [6.45, 7) is 6.09. The fraction of sp³-hybridized carbons (Fsp3) is 0.474. The summed E-state index contributed by atoms with van der Waals surface area (Å²) >= 11 is 6.28. The lowest BCUT2D eigenvalue weighted by Crippen LogP contribution is -2.29. The summed E-state index contributed by atoms with van der Waals surface area (Å²) < 4.78 is 29.3. The maximum Gasteiger partial charge on any atom is 0.266 e. The van der Waals surface area contributed by atoms with Crippen molar-refractivity contribution in [3.8, 4) is 0 Å². The number of hydrogen-bond acceptors (Lipinski definition) is 6. The number of hydrogen-bond donors (Lipinski definition) is 1. The van der Waals surface area contributed by atoms with Crippen molar-refractivity contribution in [2.24, 2.45) is 0 Å². The van der Waals surface area contributed by atoms with Gasteiger partial charge < -0.3 is 10.2 Å². The summed E-state index contributed by atoms with van der Waals surface area (Å²) in [5.41, 5.74) is 1.42. The number of alkyl halides is 2. The number of halogens is 3. The van der Waals surface area contributed by atoms with E-state index in [1.165, 1.54) is 0 Å². The molecule has 0 atom stereocenters. The Hall–Kier alpha value is -2.55. The number of anilines is 2. The number of nitrogens with one attached hydrogen (secondary N) is 1. The fourth-order valence-corrected chi connectivity index (χ4v) is 3.46. The van der Waals surface area contributed by atoms with E-state index in [0.717, 1.165) is 5.56 Å². The highest BCUT2D eigenvalue weighted by molar-refractivity contribution is 6.31. The fourth-order valence-electron chi connectivity index (χ4n) is 3.26. The molecule has 0 aliphatic carbocycles. The first kappa shape index (κ1) is 19.8. The summed E-state index contributed by atoms with van der Waals surface area (Å²) in [5.74, 6) is -2.04. The summed E-state index contributed by atoms with van der Waals surface area (Å²) in [6, 6.07) is 7.44. The first-order valence-electron chi connectivity index (χ1n) is 9.37. The lowest BCUT2D eigenvalue weighted by molar-refractivity contribution is 0.0257. The van der Waals surface area contributed by atoms with Crippen molar-refractivity contribution in [2.45, 2.75) is 45.2 Å². The molecule has 0 bridgehead atoms. The summed E-state index contributed by atoms with van der Waals surface area (Å²) in [5, 5.41) is 12.2. The van der Waals surface area contributed by atoms with Gasteiger partial charge in [0.1, 0.15) is 0 Å². The van der Waals surface area contributed by atoms with E-state index in [0.29, 0.717) is 34.5 Å². The van der Waals surface area contributed by atoms with Gasteiger partial charge in [0.05, 0.1) is 13.1 Å². The quantitative estimate of drug-likeness (QED) is 0.687. The minimum atomic E-state index is -2.75. The van der Waals surface area contributed by atoms with Crippen LogP contribution < -0.4 is 10.2 Å². The van der Waals surface area contributed by atoms with E-state index < -0.39 is 12.5 Å². The summed E-state index contributed by atoms with van der Waals surface area (Å²) in [4.78, 5) is 10.6. The molecule has 1 fully saturated rings. The average Bonchev–Trinajstić information content (AvgIpc) is 3.18. The molecule has 1 aromatic carbocycles. The molecule has 0 unspecified atom stereocenters. The number of rotatable bonds is 4. The van der Waals surface area contributed by atoms with Crippen LogP contribution in [0, 0.1) is 0 Å². The first-order chi connectivity index (χ1) is 13.6. The predicted octanol–water partition coefficient (Wildman–Crippen LogP) is 3.98. The predicted molar refractivity (Wildman–Crippen MR) is 109 cm³/mol. The van der Waals surface area contributed by atoms with Gasteiger partial charge in [0, 0.05) is 23.5 Å². The van der Waals surface area contributed by atoms with E-state index in [2.05, 4.69) is 25.6 Å². The molecular weight excluding hydrogens is 400 g/mol. The Balaban J connectivity index is 1.80. The Morgan fingerprint density at radius 3 is 2.62 bits per heavy atom. The molecule has 2 aromatic heterocycles. The van der Waals surface area contributed by atoms with E-state index in [9.17, 15) is 8.78 Å². The molecule has 10 heteroatoms. The molecular formula is C19H22ClF2N7. The van der Waals surface area contributed by atoms with Gasteiger partial charge in [-0.25, -0.2) is 13.5 Å². The number of benzene rings is 1. The van der Waals surface area contributed by atoms with Crippen LogP contribution in [0.4, 0.5) is 20.5 Å². The Labute approximate surface area is 172 Å². The molecule has 3 heterocycles. The van der Waals surface area contributed by atoms with Crippen LogP contribution >= 0.6 is 11.6 Å². The van der Waals surface area contributed by atoms with Crippen LogP contribution in [0.15, 0.2) is 24.3 Å². The third-order valence-electron chi connectivity index (χ3n) is 4.58. The van der Waals surface area contributed by atoms with Crippen molar-refractivity contribution in [3.05, 3.63) is 34.9 Å². The molecule has 4 rings (SSSR count). The van der Waals surface area contributed by atoms with Crippen molar-refractivity contribution in [1.82, 2.24) is 25.0 Å². The van der Waals surface area contributed by atoms with Gasteiger partial charge in [-0.05, 0) is 32.4 Å². The van der Waals surface area contributed by atoms with Crippen molar-refractivity contribution >= 4 is 34.5 Å². The van der Waals surface area contributed by atoms with Crippen LogP contribution in [0.5, 0.6) is 0 Å². The Morgan fingerprint density at radius 2 is 1.97 bits per heavy atom. The van der Waals surface area contributed by atoms with Crippen LogP contribution in [0.25, 0.3) is 11.2 Å². The smallest absolute Gasteiger partial charge is 0.266 e. The minimum absolute atomic E-state index is 0.200. The zero-order valence-electron chi connectivity index (χ0n) is 16.5. The van der Waals surface area contributed by atoms with Crippen LogP contribution in [0.1, 0.15) is 32.8 Å². The molecule has 154 valence electrons. The monoisotopic (exact) mass is 421 g/mol. The molecule has 1 aliphatic heterocycles. The Bertz CT molecular complexity index is 1040. The third kappa shape index (κ3) is 4.24. The highest BCUT2D eigenvalue weighted by Gasteiger charge is 2.40. The maximum absolute atomic E-state index is 13.8. The molecule has 29 heavy (non-hydrogen) atoms. The van der Waals surface area contributed by atoms with Crippen molar-refractivity contribution in [2.75, 3.05) is 23.3 Å². The second kappa shape index (κ2) is 7.05. The van der Waals surface area contributed by atoms with E-state index in [1.807, 2.05) is 39.0 Å². The van der Waals surface area contributed by atoms with Crippen LogP contribution in [-0.2, 0) is 6.54 Å². The third-order valence-corrected chi connectivity index (χ3v) is 4.95. The lowest BCUT2D eigenvalue weighted by atomic mass is 10.1. The second-order valence-electron chi connectivity index (χ2n) is 8.28. The largest absolute Gasteiger partial charge is 0.350 e. The normalized spacial score (nSPS) is 16.6. The molecule has 0 radical (unpaired) electrons. The van der Waals surface area contributed by atoms with Gasteiger partial charge in [-0.2, -0.15) is 9.97 Å². The molecule has 1 saturated heterocycles. The molecule has 0 amide bonds. The second-order valence-corrected chi connectivity index (χ2v) is 8.69. The Morgan fingerprint density at radius 1 is 1.21 bits per heavy atom. The summed E-state index contributed by atoms with van der Waals surface area (Å²) in [7, 11) is 0. The van der Waals surface area contributed by atoms with Gasteiger partial charge >= 0.3 is 0 Å². The van der Waals surface area contributed by atoms with Crippen LogP contribution in [0.2, 0.25) is 5.02 Å². The van der Waals surface area contributed by atoms with Gasteiger partial charge in [0.2, 0.25) is 5.95 Å². The van der Waals surface area contributed by atoms with Crippen LogP contribution in [0.3, 0.4) is 0 Å². The number of nitrogens with zero attached hydrogens (tertiary/aromatic N) is 6. The Kier molecular flexibility index (Phi) is 4.80. The standard InChI is InChI=1S/C19H22ClF2N7/c1-18(2,3)25-17-23-15(28-9-8-19(21,22)11-28)14-16(24-17)29(27-26-14)10-12-6-4-5-7-13(12)20/h4-7H,8-11H2,1-3H3,(H,23,24,25). The first-order valence-corrected chi connectivity index (χ1v) is 9.75. The zero-order chi connectivity index (χ0) is 20.8. The molecule has 0 spiro atoms. The molecule has 3 aromatic rings. The highest BCUT2D eigenvalue weighted by Crippen LogP contribution is 2.33. The van der Waals surface area contributed by atoms with Gasteiger partial charge in [0.25, 0.3) is 5.92 Å². The van der Waals surface area contributed by atoms with E-state index in [1.54, 1.807) is 15.6 Å². The topological polar surface area (TPSA) is 71.8 Å². The number of fused-ring (bicyclic) bond motifs is 1. The van der Waals surface area contributed by atoms with E-state index in [-0.39, 0.29) is 18.5 Å². The van der Waals surface area contributed by atoms with Crippen molar-refractivity contribution < 1.29 is 8.78 Å². The summed E-state index contributed by atoms with van der Waals surface area (Å²) in [6.07, 6.45) is -0.214. The molecule has 7 nitrogen and oxygen atoms in total. The van der Waals surface area contributed by atoms with Gasteiger partial charge in [-0.1, -0.05) is 35.0 Å². The van der Waals surface area contributed by atoms with Crippen molar-refractivity contribution in [3.63, 3.8) is 0 Å². The minimum Gasteiger partial charge on any atom is -0.350 e. The SMILES string of the molecule is CC(C)(C)Nc1nc(N2CCC(F)(F)C2)c2nnn(Cc3ccccc3Cl)c2n1. The molecule has 1 N–H and O–H groups in total. The zero-order valence-corrected chi connectivity index (χ0v) is 17.2. The van der Waals surface area contributed by atoms with Crippen LogP contribution in [-0.4, -0.2) is 49.5 Å². The average molecular weight is 422 g/mol. The highest BCUT2D eigenvalue weighted by atomic mass is 35.5. The van der Waals surface area contributed by atoms with E-state index in [4.69, 9.17) is 11.6 Å².